The monoisotopic (exact) mass is 333 g/mol. The van der Waals surface area contributed by atoms with E-state index in [2.05, 4.69) is 15.0 Å². The summed E-state index contributed by atoms with van der Waals surface area (Å²) >= 11 is 0. The van der Waals surface area contributed by atoms with Crippen molar-refractivity contribution in [2.75, 3.05) is 25.1 Å². The Kier molecular flexibility index (Phi) is 4.37. The second-order valence-electron chi connectivity index (χ2n) is 6.20. The number of rotatable bonds is 5. The van der Waals surface area contributed by atoms with Crippen LogP contribution in [0.15, 0.2) is 18.2 Å². The average Bonchev–Trinajstić information content (AvgIpc) is 3.21. The standard InChI is InChI=1S/C16H19N3O5/c1-24-15(20)8-17-16(21)11-3-5-13(14(7-11)19(22)23)18-9-10-2-4-12(18)6-10/h3,5,7,10,12H,2,4,6,8-9H2,1H3,(H,17,21). The number of amides is 1. The van der Waals surface area contributed by atoms with Crippen LogP contribution in [0, 0.1) is 16.0 Å². The van der Waals surface area contributed by atoms with Crippen molar-refractivity contribution in [3.8, 4) is 0 Å². The van der Waals surface area contributed by atoms with Crippen LogP contribution in [0.5, 0.6) is 0 Å². The van der Waals surface area contributed by atoms with Gasteiger partial charge in [-0.05, 0) is 37.3 Å². The Morgan fingerprint density at radius 1 is 1.42 bits per heavy atom. The fourth-order valence-corrected chi connectivity index (χ4v) is 3.60. The van der Waals surface area contributed by atoms with E-state index in [1.807, 2.05) is 0 Å². The maximum absolute atomic E-state index is 12.0. The highest BCUT2D eigenvalue weighted by molar-refractivity contribution is 5.97. The lowest BCUT2D eigenvalue weighted by atomic mass is 10.1. The van der Waals surface area contributed by atoms with E-state index in [1.165, 1.54) is 19.6 Å². The molecule has 1 N–H and O–H groups in total. The van der Waals surface area contributed by atoms with Crippen LogP contribution in [0.25, 0.3) is 0 Å². The predicted molar refractivity (Wildman–Crippen MR) is 85.9 cm³/mol. The van der Waals surface area contributed by atoms with Gasteiger partial charge in [0.25, 0.3) is 11.6 Å². The first-order valence-electron chi connectivity index (χ1n) is 7.89. The van der Waals surface area contributed by atoms with Gasteiger partial charge in [0, 0.05) is 24.2 Å². The minimum atomic E-state index is -0.581. The van der Waals surface area contributed by atoms with E-state index in [0.717, 1.165) is 19.4 Å². The Morgan fingerprint density at radius 3 is 2.79 bits per heavy atom. The lowest BCUT2D eigenvalue weighted by Gasteiger charge is -2.28. The van der Waals surface area contributed by atoms with E-state index in [4.69, 9.17) is 0 Å². The summed E-state index contributed by atoms with van der Waals surface area (Å²) in [4.78, 5) is 36.2. The molecule has 2 atom stereocenters. The Morgan fingerprint density at radius 2 is 2.21 bits per heavy atom. The highest BCUT2D eigenvalue weighted by Gasteiger charge is 2.40. The number of fused-ring (bicyclic) bond motifs is 2. The van der Waals surface area contributed by atoms with Crippen LogP contribution in [-0.2, 0) is 9.53 Å². The summed E-state index contributed by atoms with van der Waals surface area (Å²) in [6, 6.07) is 4.81. The number of anilines is 1. The zero-order valence-corrected chi connectivity index (χ0v) is 13.4. The number of nitro groups is 1. The molecule has 2 unspecified atom stereocenters. The van der Waals surface area contributed by atoms with E-state index in [1.54, 1.807) is 12.1 Å². The number of hydrogen-bond donors (Lipinski definition) is 1. The van der Waals surface area contributed by atoms with E-state index in [-0.39, 0.29) is 17.8 Å². The lowest BCUT2D eigenvalue weighted by molar-refractivity contribution is -0.384. The molecule has 0 aromatic heterocycles. The van der Waals surface area contributed by atoms with E-state index in [0.29, 0.717) is 17.6 Å². The van der Waals surface area contributed by atoms with Gasteiger partial charge < -0.3 is 15.0 Å². The van der Waals surface area contributed by atoms with Gasteiger partial charge >= 0.3 is 5.97 Å². The Balaban J connectivity index is 1.81. The third kappa shape index (κ3) is 3.04. The molecule has 0 radical (unpaired) electrons. The number of nitrogens with one attached hydrogen (secondary N) is 1. The second kappa shape index (κ2) is 6.46. The van der Waals surface area contributed by atoms with Crippen LogP contribution in [-0.4, -0.2) is 43.0 Å². The zero-order valence-electron chi connectivity index (χ0n) is 13.4. The van der Waals surface area contributed by atoms with Crippen molar-refractivity contribution in [1.29, 1.82) is 0 Å². The number of piperidine rings is 1. The first-order chi connectivity index (χ1) is 11.5. The molecule has 8 nitrogen and oxygen atoms in total. The number of carbonyl (C=O) groups excluding carboxylic acids is 2. The summed E-state index contributed by atoms with van der Waals surface area (Å²) in [5.41, 5.74) is 0.642. The van der Waals surface area contributed by atoms with Crippen molar-refractivity contribution < 1.29 is 19.2 Å². The van der Waals surface area contributed by atoms with Crippen LogP contribution >= 0.6 is 0 Å². The number of hydrogen-bond acceptors (Lipinski definition) is 6. The van der Waals surface area contributed by atoms with Crippen LogP contribution < -0.4 is 10.2 Å². The minimum Gasteiger partial charge on any atom is -0.468 e. The summed E-state index contributed by atoms with van der Waals surface area (Å²) in [7, 11) is 1.22. The van der Waals surface area contributed by atoms with Crippen LogP contribution in [0.3, 0.4) is 0 Å². The van der Waals surface area contributed by atoms with Gasteiger partial charge in [0.05, 0.1) is 12.0 Å². The molecule has 1 aliphatic heterocycles. The summed E-state index contributed by atoms with van der Waals surface area (Å²) in [5, 5.41) is 13.8. The number of nitrogens with zero attached hydrogens (tertiary/aromatic N) is 2. The van der Waals surface area contributed by atoms with E-state index >= 15 is 0 Å². The number of carbonyl (C=O) groups is 2. The topological polar surface area (TPSA) is 102 Å². The maximum atomic E-state index is 12.0. The summed E-state index contributed by atoms with van der Waals surface area (Å²) < 4.78 is 4.44. The molecule has 128 valence electrons. The second-order valence-corrected chi connectivity index (χ2v) is 6.20. The molecular weight excluding hydrogens is 314 g/mol. The van der Waals surface area contributed by atoms with Crippen molar-refractivity contribution in [3.05, 3.63) is 33.9 Å². The number of benzene rings is 1. The summed E-state index contributed by atoms with van der Waals surface area (Å²) in [6.45, 7) is 0.556. The average molecular weight is 333 g/mol. The molecule has 1 aliphatic carbocycles. The highest BCUT2D eigenvalue weighted by atomic mass is 16.6. The van der Waals surface area contributed by atoms with Crippen molar-refractivity contribution >= 4 is 23.3 Å². The molecule has 3 rings (SSSR count). The molecule has 1 saturated carbocycles. The molecular formula is C16H19N3O5. The van der Waals surface area contributed by atoms with Crippen molar-refractivity contribution in [1.82, 2.24) is 5.32 Å². The molecule has 8 heteroatoms. The third-order valence-corrected chi connectivity index (χ3v) is 4.77. The summed E-state index contributed by atoms with van der Waals surface area (Å²) in [6.07, 6.45) is 3.32. The van der Waals surface area contributed by atoms with Gasteiger partial charge in [-0.1, -0.05) is 0 Å². The maximum Gasteiger partial charge on any atom is 0.325 e. The molecule has 2 aliphatic rings. The van der Waals surface area contributed by atoms with Gasteiger partial charge in [-0.2, -0.15) is 0 Å². The molecule has 2 fully saturated rings. The summed E-state index contributed by atoms with van der Waals surface area (Å²) in [5.74, 6) is -0.516. The predicted octanol–water partition coefficient (Wildman–Crippen LogP) is 1.49. The van der Waals surface area contributed by atoms with Crippen molar-refractivity contribution in [3.63, 3.8) is 0 Å². The third-order valence-electron chi connectivity index (χ3n) is 4.77. The molecule has 1 heterocycles. The van der Waals surface area contributed by atoms with Gasteiger partial charge in [0.2, 0.25) is 0 Å². The first kappa shape index (κ1) is 16.2. The Labute approximate surface area is 138 Å². The minimum absolute atomic E-state index is 0.0757. The molecule has 1 aromatic carbocycles. The molecule has 1 amide bonds. The number of esters is 1. The van der Waals surface area contributed by atoms with Crippen molar-refractivity contribution in [2.45, 2.75) is 25.3 Å². The normalized spacial score (nSPS) is 21.6. The van der Waals surface area contributed by atoms with Crippen molar-refractivity contribution in [2.24, 2.45) is 5.92 Å². The highest BCUT2D eigenvalue weighted by Crippen LogP contribution is 2.43. The van der Waals surface area contributed by atoms with Gasteiger partial charge in [0.1, 0.15) is 12.2 Å². The van der Waals surface area contributed by atoms with Crippen LogP contribution in [0.2, 0.25) is 0 Å². The molecule has 0 spiro atoms. The van der Waals surface area contributed by atoms with Crippen LogP contribution in [0.1, 0.15) is 29.6 Å². The number of methoxy groups -OCH3 is 1. The fraction of sp³-hybridized carbons (Fsp3) is 0.500. The Hall–Kier alpha value is -2.64. The van der Waals surface area contributed by atoms with Gasteiger partial charge in [-0.15, -0.1) is 0 Å². The fourth-order valence-electron chi connectivity index (χ4n) is 3.60. The zero-order chi connectivity index (χ0) is 17.3. The smallest absolute Gasteiger partial charge is 0.325 e. The number of ether oxygens (including phenoxy) is 1. The van der Waals surface area contributed by atoms with Crippen LogP contribution in [0.4, 0.5) is 11.4 Å². The van der Waals surface area contributed by atoms with Gasteiger partial charge in [0.15, 0.2) is 0 Å². The lowest BCUT2D eigenvalue weighted by Crippen LogP contribution is -2.33. The SMILES string of the molecule is COC(=O)CNC(=O)c1ccc(N2CC3CCC2C3)c([N+](=O)[O-])c1. The van der Waals surface area contributed by atoms with Gasteiger partial charge in [-0.3, -0.25) is 19.7 Å². The van der Waals surface area contributed by atoms with E-state index < -0.39 is 16.8 Å². The van der Waals surface area contributed by atoms with E-state index in [9.17, 15) is 19.7 Å². The number of nitro benzene ring substituents is 1. The first-order valence-corrected chi connectivity index (χ1v) is 7.89. The Bertz CT molecular complexity index is 690. The molecule has 1 aromatic rings. The molecule has 1 saturated heterocycles. The quantitative estimate of drug-likeness (QED) is 0.497. The largest absolute Gasteiger partial charge is 0.468 e. The molecule has 2 bridgehead atoms. The van der Waals surface area contributed by atoms with Gasteiger partial charge in [-0.25, -0.2) is 0 Å². The molecule has 24 heavy (non-hydrogen) atoms.